The van der Waals surface area contributed by atoms with Crippen LogP contribution in [0.5, 0.6) is 0 Å². The van der Waals surface area contributed by atoms with Crippen molar-refractivity contribution in [2.45, 2.75) is 38.1 Å². The SMILES string of the molecule is CC(C)CC1SCC(C(=O)NCCc2ccc(Cl)cc2Cl)N1C(=O)c1ccc(F)cc1. The minimum Gasteiger partial charge on any atom is -0.354 e. The Hall–Kier alpha value is -1.76. The van der Waals surface area contributed by atoms with E-state index in [1.807, 2.05) is 6.07 Å². The zero-order valence-corrected chi connectivity index (χ0v) is 19.7. The van der Waals surface area contributed by atoms with Crippen LogP contribution in [0.1, 0.15) is 36.2 Å². The van der Waals surface area contributed by atoms with Crippen molar-refractivity contribution < 1.29 is 14.0 Å². The van der Waals surface area contributed by atoms with E-state index in [0.29, 0.717) is 40.2 Å². The summed E-state index contributed by atoms with van der Waals surface area (Å²) < 4.78 is 13.3. The minimum absolute atomic E-state index is 0.0981. The molecule has 4 nitrogen and oxygen atoms in total. The molecule has 0 saturated carbocycles. The molecule has 2 aromatic rings. The second-order valence-corrected chi connectivity index (χ2v) is 9.98. The molecule has 0 spiro atoms. The van der Waals surface area contributed by atoms with E-state index in [9.17, 15) is 14.0 Å². The summed E-state index contributed by atoms with van der Waals surface area (Å²) in [5, 5.41) is 3.96. The molecule has 2 unspecified atom stereocenters. The van der Waals surface area contributed by atoms with Crippen LogP contribution in [0.25, 0.3) is 0 Å². The molecular formula is C23H25Cl2FN2O2S. The number of halogens is 3. The Labute approximate surface area is 196 Å². The predicted octanol–water partition coefficient (Wildman–Crippen LogP) is 5.42. The van der Waals surface area contributed by atoms with E-state index < -0.39 is 11.9 Å². The quantitative estimate of drug-likeness (QED) is 0.572. The summed E-state index contributed by atoms with van der Waals surface area (Å²) in [5.41, 5.74) is 1.27. The lowest BCUT2D eigenvalue weighted by molar-refractivity contribution is -0.124. The van der Waals surface area contributed by atoms with Gasteiger partial charge in [0.2, 0.25) is 5.91 Å². The summed E-state index contributed by atoms with van der Waals surface area (Å²) in [7, 11) is 0. The van der Waals surface area contributed by atoms with Gasteiger partial charge in [0, 0.05) is 27.9 Å². The van der Waals surface area contributed by atoms with E-state index in [1.54, 1.807) is 28.8 Å². The smallest absolute Gasteiger partial charge is 0.255 e. The first-order valence-electron chi connectivity index (χ1n) is 10.2. The molecule has 1 N–H and O–H groups in total. The molecule has 1 heterocycles. The van der Waals surface area contributed by atoms with E-state index in [-0.39, 0.29) is 17.2 Å². The second-order valence-electron chi connectivity index (χ2n) is 7.93. The van der Waals surface area contributed by atoms with E-state index in [0.717, 1.165) is 12.0 Å². The number of carbonyl (C=O) groups excluding carboxylic acids is 2. The lowest BCUT2D eigenvalue weighted by Crippen LogP contribution is -2.50. The van der Waals surface area contributed by atoms with Crippen molar-refractivity contribution in [3.8, 4) is 0 Å². The molecule has 2 atom stereocenters. The highest BCUT2D eigenvalue weighted by Gasteiger charge is 2.41. The van der Waals surface area contributed by atoms with Gasteiger partial charge in [-0.05, 0) is 60.7 Å². The Kier molecular flexibility index (Phi) is 8.25. The van der Waals surface area contributed by atoms with Crippen LogP contribution in [-0.4, -0.2) is 40.4 Å². The van der Waals surface area contributed by atoms with E-state index in [2.05, 4.69) is 19.2 Å². The van der Waals surface area contributed by atoms with Crippen molar-refractivity contribution in [1.29, 1.82) is 0 Å². The van der Waals surface area contributed by atoms with Crippen molar-refractivity contribution in [2.24, 2.45) is 5.92 Å². The highest BCUT2D eigenvalue weighted by Crippen LogP contribution is 2.34. The van der Waals surface area contributed by atoms with Gasteiger partial charge < -0.3 is 10.2 Å². The molecule has 1 saturated heterocycles. The van der Waals surface area contributed by atoms with Gasteiger partial charge in [-0.15, -0.1) is 11.8 Å². The highest BCUT2D eigenvalue weighted by atomic mass is 35.5. The zero-order valence-electron chi connectivity index (χ0n) is 17.4. The van der Waals surface area contributed by atoms with Gasteiger partial charge >= 0.3 is 0 Å². The fourth-order valence-electron chi connectivity index (χ4n) is 3.53. The van der Waals surface area contributed by atoms with Crippen molar-refractivity contribution >= 4 is 46.8 Å². The van der Waals surface area contributed by atoms with Gasteiger partial charge in [0.25, 0.3) is 5.91 Å². The minimum atomic E-state index is -0.577. The number of thioether (sulfide) groups is 1. The number of nitrogens with one attached hydrogen (secondary N) is 1. The molecule has 8 heteroatoms. The maximum Gasteiger partial charge on any atom is 0.255 e. The summed E-state index contributed by atoms with van der Waals surface area (Å²) in [6, 6.07) is 10.1. The number of amides is 2. The molecule has 2 amide bonds. The van der Waals surface area contributed by atoms with Crippen LogP contribution in [0.15, 0.2) is 42.5 Å². The Bertz CT molecular complexity index is 940. The van der Waals surface area contributed by atoms with Crippen LogP contribution in [-0.2, 0) is 11.2 Å². The first-order valence-corrected chi connectivity index (χ1v) is 12.0. The molecule has 1 aliphatic rings. The number of benzene rings is 2. The Balaban J connectivity index is 1.70. The monoisotopic (exact) mass is 482 g/mol. The van der Waals surface area contributed by atoms with Gasteiger partial charge in [-0.2, -0.15) is 0 Å². The van der Waals surface area contributed by atoms with Crippen molar-refractivity contribution in [3.63, 3.8) is 0 Å². The first kappa shape index (κ1) is 23.9. The Morgan fingerprint density at radius 2 is 1.90 bits per heavy atom. The maximum absolute atomic E-state index is 13.3. The number of hydrogen-bond donors (Lipinski definition) is 1. The lowest BCUT2D eigenvalue weighted by atomic mass is 10.1. The largest absolute Gasteiger partial charge is 0.354 e. The molecule has 166 valence electrons. The maximum atomic E-state index is 13.3. The van der Waals surface area contributed by atoms with Crippen LogP contribution < -0.4 is 5.32 Å². The highest BCUT2D eigenvalue weighted by molar-refractivity contribution is 8.00. The van der Waals surface area contributed by atoms with Crippen molar-refractivity contribution in [2.75, 3.05) is 12.3 Å². The molecule has 1 aliphatic heterocycles. The summed E-state index contributed by atoms with van der Waals surface area (Å²) in [5.74, 6) is 0.0460. The van der Waals surface area contributed by atoms with Gasteiger partial charge in [-0.1, -0.05) is 43.1 Å². The molecular weight excluding hydrogens is 458 g/mol. The topological polar surface area (TPSA) is 49.4 Å². The Morgan fingerprint density at radius 1 is 1.19 bits per heavy atom. The van der Waals surface area contributed by atoms with Crippen molar-refractivity contribution in [1.82, 2.24) is 10.2 Å². The molecule has 0 aliphatic carbocycles. The third kappa shape index (κ3) is 6.15. The average molecular weight is 483 g/mol. The van der Waals surface area contributed by atoms with Crippen LogP contribution in [0.3, 0.4) is 0 Å². The molecule has 0 radical (unpaired) electrons. The van der Waals surface area contributed by atoms with Gasteiger partial charge in [-0.25, -0.2) is 4.39 Å². The third-order valence-corrected chi connectivity index (χ3v) is 7.00. The van der Waals surface area contributed by atoms with Crippen LogP contribution >= 0.6 is 35.0 Å². The lowest BCUT2D eigenvalue weighted by Gasteiger charge is -2.30. The fourth-order valence-corrected chi connectivity index (χ4v) is 5.67. The molecule has 3 rings (SSSR count). The molecule has 0 aromatic heterocycles. The van der Waals surface area contributed by atoms with Gasteiger partial charge in [0.1, 0.15) is 11.9 Å². The summed E-state index contributed by atoms with van der Waals surface area (Å²) in [4.78, 5) is 27.8. The average Bonchev–Trinajstić information content (AvgIpc) is 3.12. The second kappa shape index (κ2) is 10.7. The fraction of sp³-hybridized carbons (Fsp3) is 0.391. The first-order chi connectivity index (χ1) is 14.8. The van der Waals surface area contributed by atoms with Crippen molar-refractivity contribution in [3.05, 3.63) is 69.5 Å². The Morgan fingerprint density at radius 3 is 2.55 bits per heavy atom. The molecule has 2 aromatic carbocycles. The summed E-state index contributed by atoms with van der Waals surface area (Å²) in [6.07, 6.45) is 1.34. The molecule has 0 bridgehead atoms. The number of nitrogens with zero attached hydrogens (tertiary/aromatic N) is 1. The van der Waals surface area contributed by atoms with Crippen LogP contribution in [0, 0.1) is 11.7 Å². The summed E-state index contributed by atoms with van der Waals surface area (Å²) >= 11 is 13.7. The third-order valence-electron chi connectivity index (χ3n) is 5.10. The summed E-state index contributed by atoms with van der Waals surface area (Å²) in [6.45, 7) is 4.57. The van der Waals surface area contributed by atoms with Crippen LogP contribution in [0.2, 0.25) is 10.0 Å². The molecule has 31 heavy (non-hydrogen) atoms. The van der Waals surface area contributed by atoms with Crippen LogP contribution in [0.4, 0.5) is 4.39 Å². The predicted molar refractivity (Wildman–Crippen MR) is 125 cm³/mol. The van der Waals surface area contributed by atoms with Gasteiger partial charge in [0.15, 0.2) is 0 Å². The normalized spacial score (nSPS) is 18.5. The van der Waals surface area contributed by atoms with E-state index in [1.165, 1.54) is 24.3 Å². The number of hydrogen-bond acceptors (Lipinski definition) is 3. The van der Waals surface area contributed by atoms with E-state index in [4.69, 9.17) is 23.2 Å². The van der Waals surface area contributed by atoms with Gasteiger partial charge in [0.05, 0.1) is 5.37 Å². The standard InChI is InChI=1S/C23H25Cl2FN2O2S/c1-14(2)11-21-28(23(30)16-4-7-18(26)8-5-16)20(13-31-21)22(29)27-10-9-15-3-6-17(24)12-19(15)25/h3-8,12,14,20-21H,9-11,13H2,1-2H3,(H,27,29). The molecule has 1 fully saturated rings. The van der Waals surface area contributed by atoms with E-state index >= 15 is 0 Å². The zero-order chi connectivity index (χ0) is 22.5. The number of carbonyl (C=O) groups is 2. The van der Waals surface area contributed by atoms with Gasteiger partial charge in [-0.3, -0.25) is 9.59 Å². The number of rotatable bonds is 7.